The third-order valence-corrected chi connectivity index (χ3v) is 3.62. The number of ether oxygens (including phenoxy) is 1. The molecule has 1 aliphatic carbocycles. The maximum Gasteiger partial charge on any atom is 0.307 e. The molecule has 94 valence electrons. The van der Waals surface area contributed by atoms with Gasteiger partial charge >= 0.3 is 5.97 Å². The fourth-order valence-electron chi connectivity index (χ4n) is 2.48. The fraction of sp³-hybridized carbons (Fsp3) is 0.923. The number of esters is 1. The summed E-state index contributed by atoms with van der Waals surface area (Å²) in [7, 11) is 0. The molecule has 3 heteroatoms. The van der Waals surface area contributed by atoms with Crippen molar-refractivity contribution < 1.29 is 9.53 Å². The molecule has 0 unspecified atom stereocenters. The van der Waals surface area contributed by atoms with Crippen LogP contribution in [0.2, 0.25) is 0 Å². The highest BCUT2D eigenvalue weighted by Crippen LogP contribution is 2.36. The van der Waals surface area contributed by atoms with E-state index in [0.29, 0.717) is 12.2 Å². The van der Waals surface area contributed by atoms with Crippen molar-refractivity contribution in [1.82, 2.24) is 0 Å². The van der Waals surface area contributed by atoms with E-state index in [1.165, 1.54) is 25.7 Å². The average Bonchev–Trinajstić information content (AvgIpc) is 2.28. The molecule has 16 heavy (non-hydrogen) atoms. The summed E-state index contributed by atoms with van der Waals surface area (Å²) in [6, 6.07) is 0. The first-order chi connectivity index (χ1) is 7.72. The number of carbonyl (C=O) groups is 1. The number of rotatable bonds is 6. The van der Waals surface area contributed by atoms with Crippen LogP contribution in [-0.2, 0) is 9.53 Å². The van der Waals surface area contributed by atoms with Crippen LogP contribution in [0.5, 0.6) is 0 Å². The highest BCUT2D eigenvalue weighted by atomic mass is 32.1. The second kappa shape index (κ2) is 7.21. The van der Waals surface area contributed by atoms with Crippen LogP contribution in [0.4, 0.5) is 0 Å². The van der Waals surface area contributed by atoms with Gasteiger partial charge in [0, 0.05) is 5.75 Å². The predicted octanol–water partition coefficient (Wildman–Crippen LogP) is 3.74. The zero-order valence-corrected chi connectivity index (χ0v) is 11.2. The molecule has 0 radical (unpaired) electrons. The third-order valence-electron chi connectivity index (χ3n) is 3.40. The lowest BCUT2D eigenvalue weighted by atomic mass is 9.81. The van der Waals surface area contributed by atoms with E-state index in [1.807, 2.05) is 0 Å². The Morgan fingerprint density at radius 2 is 2.00 bits per heavy atom. The van der Waals surface area contributed by atoms with Crippen molar-refractivity contribution in [1.29, 1.82) is 0 Å². The first-order valence-electron chi connectivity index (χ1n) is 6.55. The van der Waals surface area contributed by atoms with Crippen molar-refractivity contribution in [3.05, 3.63) is 0 Å². The summed E-state index contributed by atoms with van der Waals surface area (Å²) in [5.74, 6) is 0.524. The standard InChI is InChI=1S/C13H24O2S/c1-2-3-8-13(9-5-4-6-10-13)15-12(14)7-11-16/h16H,2-11H2,1H3. The van der Waals surface area contributed by atoms with E-state index in [0.717, 1.165) is 25.7 Å². The lowest BCUT2D eigenvalue weighted by molar-refractivity contribution is -0.164. The Labute approximate surface area is 105 Å². The monoisotopic (exact) mass is 244 g/mol. The predicted molar refractivity (Wildman–Crippen MR) is 69.9 cm³/mol. The maximum atomic E-state index is 11.6. The van der Waals surface area contributed by atoms with Gasteiger partial charge in [-0.25, -0.2) is 0 Å². The topological polar surface area (TPSA) is 26.3 Å². The number of hydrogen-bond acceptors (Lipinski definition) is 3. The third kappa shape index (κ3) is 4.36. The van der Waals surface area contributed by atoms with Crippen LogP contribution >= 0.6 is 12.6 Å². The van der Waals surface area contributed by atoms with Gasteiger partial charge in [0.05, 0.1) is 6.42 Å². The smallest absolute Gasteiger partial charge is 0.307 e. The van der Waals surface area contributed by atoms with Crippen molar-refractivity contribution in [2.24, 2.45) is 0 Å². The van der Waals surface area contributed by atoms with Gasteiger partial charge < -0.3 is 4.74 Å². The summed E-state index contributed by atoms with van der Waals surface area (Å²) < 4.78 is 5.73. The summed E-state index contributed by atoms with van der Waals surface area (Å²) in [5, 5.41) is 0. The van der Waals surface area contributed by atoms with Crippen molar-refractivity contribution in [3.63, 3.8) is 0 Å². The Morgan fingerprint density at radius 3 is 2.56 bits per heavy atom. The maximum absolute atomic E-state index is 11.6. The van der Waals surface area contributed by atoms with Gasteiger partial charge in [0.2, 0.25) is 0 Å². The normalized spacial score (nSPS) is 19.4. The molecule has 0 amide bonds. The minimum absolute atomic E-state index is 0.0620. The van der Waals surface area contributed by atoms with Gasteiger partial charge in [-0.2, -0.15) is 12.6 Å². The van der Waals surface area contributed by atoms with Gasteiger partial charge in [-0.15, -0.1) is 0 Å². The summed E-state index contributed by atoms with van der Waals surface area (Å²) in [6.45, 7) is 2.19. The molecule has 1 fully saturated rings. The molecule has 0 atom stereocenters. The van der Waals surface area contributed by atoms with Gasteiger partial charge in [0.1, 0.15) is 5.60 Å². The van der Waals surface area contributed by atoms with Crippen molar-refractivity contribution >= 4 is 18.6 Å². The Bertz CT molecular complexity index is 210. The first kappa shape index (κ1) is 13.9. The van der Waals surface area contributed by atoms with Crippen LogP contribution in [0.3, 0.4) is 0 Å². The molecule has 1 aliphatic rings. The number of unbranched alkanes of at least 4 members (excludes halogenated alkanes) is 1. The minimum Gasteiger partial charge on any atom is -0.459 e. The van der Waals surface area contributed by atoms with E-state index >= 15 is 0 Å². The van der Waals surface area contributed by atoms with Gasteiger partial charge in [0.15, 0.2) is 0 Å². The second-order valence-corrected chi connectivity index (χ2v) is 5.24. The van der Waals surface area contributed by atoms with E-state index in [9.17, 15) is 4.79 Å². The molecule has 0 heterocycles. The Balaban J connectivity index is 2.51. The fourth-order valence-corrected chi connectivity index (χ4v) is 2.66. The Kier molecular flexibility index (Phi) is 6.25. The van der Waals surface area contributed by atoms with Crippen molar-refractivity contribution in [3.8, 4) is 0 Å². The van der Waals surface area contributed by atoms with Crippen LogP contribution in [0.25, 0.3) is 0 Å². The van der Waals surface area contributed by atoms with Gasteiger partial charge in [-0.1, -0.05) is 19.8 Å². The van der Waals surface area contributed by atoms with Gasteiger partial charge in [0.25, 0.3) is 0 Å². The molecule has 0 aromatic carbocycles. The molecule has 0 saturated heterocycles. The first-order valence-corrected chi connectivity index (χ1v) is 7.18. The molecular formula is C13H24O2S. The Morgan fingerprint density at radius 1 is 1.31 bits per heavy atom. The SMILES string of the molecule is CCCCC1(OC(=O)CCS)CCCCC1. The number of carbonyl (C=O) groups excluding carboxylic acids is 1. The molecule has 1 rings (SSSR count). The quantitative estimate of drug-likeness (QED) is 0.569. The van der Waals surface area contributed by atoms with Crippen LogP contribution in [0, 0.1) is 0 Å². The second-order valence-electron chi connectivity index (χ2n) is 4.79. The van der Waals surface area contributed by atoms with Crippen LogP contribution < -0.4 is 0 Å². The summed E-state index contributed by atoms with van der Waals surface area (Å²) in [4.78, 5) is 11.6. The van der Waals surface area contributed by atoms with E-state index in [2.05, 4.69) is 19.6 Å². The summed E-state index contributed by atoms with van der Waals surface area (Å²) in [6.07, 6.45) is 9.64. The number of thiol groups is 1. The van der Waals surface area contributed by atoms with Crippen LogP contribution in [0.15, 0.2) is 0 Å². The molecule has 0 aromatic heterocycles. The molecule has 0 aliphatic heterocycles. The number of hydrogen-bond donors (Lipinski definition) is 1. The highest BCUT2D eigenvalue weighted by molar-refractivity contribution is 7.80. The zero-order chi connectivity index (χ0) is 11.9. The Hall–Kier alpha value is -0.180. The molecular weight excluding hydrogens is 220 g/mol. The molecule has 1 saturated carbocycles. The molecule has 0 spiro atoms. The molecule has 0 aromatic rings. The van der Waals surface area contributed by atoms with Crippen LogP contribution in [-0.4, -0.2) is 17.3 Å². The van der Waals surface area contributed by atoms with E-state index in [1.54, 1.807) is 0 Å². The lowest BCUT2D eigenvalue weighted by Gasteiger charge is -2.37. The van der Waals surface area contributed by atoms with Gasteiger partial charge in [-0.05, 0) is 38.5 Å². The van der Waals surface area contributed by atoms with Gasteiger partial charge in [-0.3, -0.25) is 4.79 Å². The highest BCUT2D eigenvalue weighted by Gasteiger charge is 2.34. The molecule has 2 nitrogen and oxygen atoms in total. The zero-order valence-electron chi connectivity index (χ0n) is 10.3. The molecule has 0 bridgehead atoms. The summed E-state index contributed by atoms with van der Waals surface area (Å²) in [5.41, 5.74) is -0.131. The van der Waals surface area contributed by atoms with Crippen molar-refractivity contribution in [2.75, 3.05) is 5.75 Å². The summed E-state index contributed by atoms with van der Waals surface area (Å²) >= 11 is 4.07. The minimum atomic E-state index is -0.131. The van der Waals surface area contributed by atoms with Crippen LogP contribution in [0.1, 0.15) is 64.7 Å². The average molecular weight is 244 g/mol. The van der Waals surface area contributed by atoms with E-state index in [-0.39, 0.29) is 11.6 Å². The lowest BCUT2D eigenvalue weighted by Crippen LogP contribution is -2.37. The largest absolute Gasteiger partial charge is 0.459 e. The van der Waals surface area contributed by atoms with E-state index < -0.39 is 0 Å². The molecule has 0 N–H and O–H groups in total. The van der Waals surface area contributed by atoms with Crippen molar-refractivity contribution in [2.45, 2.75) is 70.3 Å². The van der Waals surface area contributed by atoms with E-state index in [4.69, 9.17) is 4.74 Å².